The van der Waals surface area contributed by atoms with Gasteiger partial charge in [-0.3, -0.25) is 0 Å². The van der Waals surface area contributed by atoms with Crippen LogP contribution < -0.4 is 0 Å². The third kappa shape index (κ3) is 3.07. The summed E-state index contributed by atoms with van der Waals surface area (Å²) in [6, 6.07) is 4.41. The molecule has 1 N–H and O–H groups in total. The van der Waals surface area contributed by atoms with Crippen LogP contribution in [0.4, 0.5) is 13.2 Å². The summed E-state index contributed by atoms with van der Waals surface area (Å²) < 4.78 is 41.5. The van der Waals surface area contributed by atoms with Crippen LogP contribution >= 0.6 is 0 Å². The van der Waals surface area contributed by atoms with E-state index in [0.717, 1.165) is 12.1 Å². The second-order valence-electron chi connectivity index (χ2n) is 6.43. The maximum Gasteiger partial charge on any atom is 0.416 e. The molecule has 1 unspecified atom stereocenters. The van der Waals surface area contributed by atoms with Crippen LogP contribution in [0.3, 0.4) is 0 Å². The van der Waals surface area contributed by atoms with Gasteiger partial charge in [0.25, 0.3) is 0 Å². The van der Waals surface area contributed by atoms with Gasteiger partial charge in [-0.2, -0.15) is 23.4 Å². The highest BCUT2D eigenvalue weighted by Crippen LogP contribution is 2.40. The predicted molar refractivity (Wildman–Crippen MR) is 84.7 cm³/mol. The van der Waals surface area contributed by atoms with Gasteiger partial charge in [-0.15, -0.1) is 0 Å². The summed E-state index contributed by atoms with van der Waals surface area (Å²) in [7, 11) is 0. The SMILES string of the molecule is CC(C)(n1cncn1)C(O)(Cn1cncn1)c1ccc(C(F)(F)F)cc1. The van der Waals surface area contributed by atoms with E-state index in [9.17, 15) is 18.3 Å². The Kier molecular flexibility index (Phi) is 4.31. The van der Waals surface area contributed by atoms with E-state index >= 15 is 0 Å². The Hall–Kier alpha value is -2.75. The smallest absolute Gasteiger partial charge is 0.381 e. The van der Waals surface area contributed by atoms with Gasteiger partial charge in [0, 0.05) is 0 Å². The molecule has 10 heteroatoms. The van der Waals surface area contributed by atoms with Crippen molar-refractivity contribution in [2.45, 2.75) is 37.7 Å². The number of rotatable bonds is 5. The van der Waals surface area contributed by atoms with Crippen molar-refractivity contribution in [1.29, 1.82) is 0 Å². The standard InChI is InChI=1S/C16H17F3N6O/c1-14(2,25-11-21-9-23-25)15(26,7-24-10-20-8-22-24)12-3-5-13(6-4-12)16(17,18)19/h3-6,8-11,26H,7H2,1-2H3. The number of aliphatic hydroxyl groups is 1. The second kappa shape index (κ2) is 6.20. The highest BCUT2D eigenvalue weighted by atomic mass is 19.4. The quantitative estimate of drug-likeness (QED) is 0.749. The largest absolute Gasteiger partial charge is 0.416 e. The third-order valence-corrected chi connectivity index (χ3v) is 4.55. The van der Waals surface area contributed by atoms with Gasteiger partial charge >= 0.3 is 6.18 Å². The Morgan fingerprint density at radius 3 is 2.00 bits per heavy atom. The van der Waals surface area contributed by atoms with Crippen molar-refractivity contribution in [2.24, 2.45) is 0 Å². The Morgan fingerprint density at radius 1 is 0.923 bits per heavy atom. The van der Waals surface area contributed by atoms with Crippen molar-refractivity contribution < 1.29 is 18.3 Å². The van der Waals surface area contributed by atoms with Gasteiger partial charge in [-0.25, -0.2) is 19.3 Å². The average Bonchev–Trinajstić information content (AvgIpc) is 3.27. The summed E-state index contributed by atoms with van der Waals surface area (Å²) in [6.45, 7) is 3.40. The molecule has 1 atom stereocenters. The topological polar surface area (TPSA) is 81.6 Å². The molecule has 26 heavy (non-hydrogen) atoms. The van der Waals surface area contributed by atoms with E-state index in [1.54, 1.807) is 13.8 Å². The number of hydrogen-bond donors (Lipinski definition) is 1. The van der Waals surface area contributed by atoms with Crippen molar-refractivity contribution in [3.8, 4) is 0 Å². The van der Waals surface area contributed by atoms with Gasteiger partial charge in [0.05, 0.1) is 17.6 Å². The molecular formula is C16H17F3N6O. The molecule has 0 aliphatic heterocycles. The zero-order chi connectivity index (χ0) is 19.0. The number of aromatic nitrogens is 6. The summed E-state index contributed by atoms with van der Waals surface area (Å²) in [5.41, 5.74) is -3.18. The van der Waals surface area contributed by atoms with E-state index in [1.165, 1.54) is 46.8 Å². The highest BCUT2D eigenvalue weighted by Gasteiger charge is 2.48. The van der Waals surface area contributed by atoms with Gasteiger partial charge in [0.1, 0.15) is 30.9 Å². The molecule has 0 aliphatic rings. The van der Waals surface area contributed by atoms with Crippen molar-refractivity contribution in [3.63, 3.8) is 0 Å². The summed E-state index contributed by atoms with van der Waals surface area (Å²) >= 11 is 0. The number of hydrogen-bond acceptors (Lipinski definition) is 5. The van der Waals surface area contributed by atoms with Crippen LogP contribution in [0.1, 0.15) is 25.0 Å². The summed E-state index contributed by atoms with van der Waals surface area (Å²) in [5.74, 6) is 0. The first kappa shape index (κ1) is 18.1. The summed E-state index contributed by atoms with van der Waals surface area (Å²) in [6.07, 6.45) is 1.05. The van der Waals surface area contributed by atoms with Gasteiger partial charge in [0.2, 0.25) is 0 Å². The molecule has 0 spiro atoms. The molecule has 3 rings (SSSR count). The first-order chi connectivity index (χ1) is 12.1. The van der Waals surface area contributed by atoms with E-state index < -0.39 is 22.9 Å². The maximum absolute atomic E-state index is 12.9. The van der Waals surface area contributed by atoms with E-state index in [4.69, 9.17) is 0 Å². The second-order valence-corrected chi connectivity index (χ2v) is 6.43. The minimum Gasteiger partial charge on any atom is -0.381 e. The zero-order valence-electron chi connectivity index (χ0n) is 14.1. The third-order valence-electron chi connectivity index (χ3n) is 4.55. The molecule has 0 bridgehead atoms. The van der Waals surface area contributed by atoms with Crippen LogP contribution in [-0.2, 0) is 23.9 Å². The molecule has 0 amide bonds. The first-order valence-electron chi connectivity index (χ1n) is 7.72. The predicted octanol–water partition coefficient (Wildman–Crippen LogP) is 2.21. The molecule has 0 fully saturated rings. The molecule has 2 aromatic heterocycles. The Morgan fingerprint density at radius 2 is 1.50 bits per heavy atom. The number of benzene rings is 1. The normalized spacial score (nSPS) is 15.0. The molecule has 7 nitrogen and oxygen atoms in total. The highest BCUT2D eigenvalue weighted by molar-refractivity contribution is 5.31. The monoisotopic (exact) mass is 366 g/mol. The molecule has 138 valence electrons. The van der Waals surface area contributed by atoms with E-state index in [1.807, 2.05) is 0 Å². The average molecular weight is 366 g/mol. The number of halogens is 3. The fourth-order valence-electron chi connectivity index (χ4n) is 2.81. The van der Waals surface area contributed by atoms with Crippen molar-refractivity contribution in [2.75, 3.05) is 0 Å². The van der Waals surface area contributed by atoms with Crippen LogP contribution in [0.2, 0.25) is 0 Å². The van der Waals surface area contributed by atoms with Crippen molar-refractivity contribution >= 4 is 0 Å². The van der Waals surface area contributed by atoms with Gasteiger partial charge in [-0.05, 0) is 31.5 Å². The molecule has 1 aromatic carbocycles. The van der Waals surface area contributed by atoms with Gasteiger partial charge in [0.15, 0.2) is 0 Å². The number of alkyl halides is 3. The van der Waals surface area contributed by atoms with Gasteiger partial charge < -0.3 is 5.11 Å². The molecule has 2 heterocycles. The molecular weight excluding hydrogens is 349 g/mol. The first-order valence-corrected chi connectivity index (χ1v) is 7.72. The van der Waals surface area contributed by atoms with E-state index in [0.29, 0.717) is 5.56 Å². The fraction of sp³-hybridized carbons (Fsp3) is 0.375. The lowest BCUT2D eigenvalue weighted by atomic mass is 9.77. The molecule has 0 saturated heterocycles. The molecule has 3 aromatic rings. The van der Waals surface area contributed by atoms with Crippen LogP contribution in [-0.4, -0.2) is 34.6 Å². The van der Waals surface area contributed by atoms with Crippen molar-refractivity contribution in [1.82, 2.24) is 29.5 Å². The van der Waals surface area contributed by atoms with E-state index in [-0.39, 0.29) is 6.54 Å². The Labute approximate surface area is 147 Å². The molecule has 0 aliphatic carbocycles. The van der Waals surface area contributed by atoms with Crippen LogP contribution in [0.15, 0.2) is 49.6 Å². The lowest BCUT2D eigenvalue weighted by Gasteiger charge is -2.42. The molecule has 0 saturated carbocycles. The summed E-state index contributed by atoms with van der Waals surface area (Å²) in [5, 5.41) is 19.7. The van der Waals surface area contributed by atoms with Crippen molar-refractivity contribution in [3.05, 3.63) is 60.7 Å². The van der Waals surface area contributed by atoms with Crippen LogP contribution in [0.5, 0.6) is 0 Å². The van der Waals surface area contributed by atoms with Gasteiger partial charge in [-0.1, -0.05) is 12.1 Å². The maximum atomic E-state index is 12.9. The minimum absolute atomic E-state index is 0.0365. The number of nitrogens with zero attached hydrogens (tertiary/aromatic N) is 6. The van der Waals surface area contributed by atoms with Crippen LogP contribution in [0.25, 0.3) is 0 Å². The lowest BCUT2D eigenvalue weighted by molar-refractivity contribution is -0.137. The van der Waals surface area contributed by atoms with E-state index in [2.05, 4.69) is 20.2 Å². The lowest BCUT2D eigenvalue weighted by Crippen LogP contribution is -2.52. The minimum atomic E-state index is -4.45. The zero-order valence-corrected chi connectivity index (χ0v) is 14.1. The Bertz CT molecular complexity index is 843. The fourth-order valence-corrected chi connectivity index (χ4v) is 2.81. The molecule has 0 radical (unpaired) electrons. The van der Waals surface area contributed by atoms with Crippen LogP contribution in [0, 0.1) is 0 Å². The Balaban J connectivity index is 2.09. The summed E-state index contributed by atoms with van der Waals surface area (Å²) in [4.78, 5) is 7.74.